The van der Waals surface area contributed by atoms with E-state index in [0.29, 0.717) is 5.82 Å². The molecule has 2 rings (SSSR count). The van der Waals surface area contributed by atoms with Crippen LogP contribution in [-0.2, 0) is 0 Å². The van der Waals surface area contributed by atoms with Gasteiger partial charge in [-0.05, 0) is 31.9 Å². The molecule has 1 fully saturated rings. The molecule has 3 N–H and O–H groups in total. The van der Waals surface area contributed by atoms with Gasteiger partial charge >= 0.3 is 0 Å². The molecule has 1 heterocycles. The Morgan fingerprint density at radius 2 is 2.07 bits per heavy atom. The number of rotatable bonds is 2. The van der Waals surface area contributed by atoms with Gasteiger partial charge in [0, 0.05) is 11.7 Å². The molecule has 0 saturated heterocycles. The standard InChI is InChI=1S/C12H19N3/c1-12(7-3-2-4-8-12)15-10-6-5-9-14-11(10)13/h5-6,9,15H,2-4,7-8H2,1H3,(H2,13,14). The largest absolute Gasteiger partial charge is 0.382 e. The second kappa shape index (κ2) is 4.09. The van der Waals surface area contributed by atoms with Crippen LogP contribution in [0, 0.1) is 0 Å². The van der Waals surface area contributed by atoms with E-state index in [4.69, 9.17) is 5.73 Å². The van der Waals surface area contributed by atoms with E-state index in [1.54, 1.807) is 6.20 Å². The number of hydrogen-bond acceptors (Lipinski definition) is 3. The van der Waals surface area contributed by atoms with Gasteiger partial charge in [-0.25, -0.2) is 4.98 Å². The first kappa shape index (κ1) is 10.3. The summed E-state index contributed by atoms with van der Waals surface area (Å²) in [6.45, 7) is 2.28. The summed E-state index contributed by atoms with van der Waals surface area (Å²) < 4.78 is 0. The molecule has 3 heteroatoms. The maximum atomic E-state index is 5.82. The number of nitrogens with two attached hydrogens (primary N) is 1. The first-order chi connectivity index (χ1) is 7.20. The molecular formula is C12H19N3. The summed E-state index contributed by atoms with van der Waals surface area (Å²) in [6, 6.07) is 3.92. The SMILES string of the molecule is CC1(Nc2cccnc2N)CCCCC1. The Labute approximate surface area is 91.1 Å². The van der Waals surface area contributed by atoms with Gasteiger partial charge < -0.3 is 11.1 Å². The molecule has 3 nitrogen and oxygen atoms in total. The zero-order chi connectivity index (χ0) is 10.7. The Kier molecular flexibility index (Phi) is 2.80. The third-order valence-electron chi connectivity index (χ3n) is 3.23. The molecule has 1 saturated carbocycles. The lowest BCUT2D eigenvalue weighted by molar-refractivity contribution is 0.349. The second-order valence-corrected chi connectivity index (χ2v) is 4.68. The van der Waals surface area contributed by atoms with Gasteiger partial charge in [-0.15, -0.1) is 0 Å². The number of nitrogen functional groups attached to an aromatic ring is 1. The maximum Gasteiger partial charge on any atom is 0.146 e. The summed E-state index contributed by atoms with van der Waals surface area (Å²) in [4.78, 5) is 4.09. The number of pyridine rings is 1. The molecule has 1 aromatic rings. The Bertz CT molecular complexity index is 329. The van der Waals surface area contributed by atoms with Crippen LogP contribution in [0.3, 0.4) is 0 Å². The van der Waals surface area contributed by atoms with Crippen LogP contribution < -0.4 is 11.1 Å². The van der Waals surface area contributed by atoms with Crippen LogP contribution in [-0.4, -0.2) is 10.5 Å². The second-order valence-electron chi connectivity index (χ2n) is 4.68. The van der Waals surface area contributed by atoms with Gasteiger partial charge in [0.25, 0.3) is 0 Å². The van der Waals surface area contributed by atoms with Crippen molar-refractivity contribution in [2.24, 2.45) is 0 Å². The average molecular weight is 205 g/mol. The fraction of sp³-hybridized carbons (Fsp3) is 0.583. The summed E-state index contributed by atoms with van der Waals surface area (Å²) in [5.41, 5.74) is 7.00. The maximum absolute atomic E-state index is 5.82. The predicted molar refractivity (Wildman–Crippen MR) is 63.8 cm³/mol. The van der Waals surface area contributed by atoms with E-state index in [2.05, 4.69) is 17.2 Å². The topological polar surface area (TPSA) is 50.9 Å². The Hall–Kier alpha value is -1.25. The third kappa shape index (κ3) is 2.41. The Balaban J connectivity index is 2.10. The molecular weight excluding hydrogens is 186 g/mol. The van der Waals surface area contributed by atoms with Crippen LogP contribution in [0.5, 0.6) is 0 Å². The number of hydrogen-bond donors (Lipinski definition) is 2. The molecule has 0 unspecified atom stereocenters. The molecule has 0 amide bonds. The first-order valence-corrected chi connectivity index (χ1v) is 5.68. The molecule has 0 radical (unpaired) electrons. The highest BCUT2D eigenvalue weighted by atomic mass is 15.0. The minimum atomic E-state index is 0.204. The fourth-order valence-corrected chi connectivity index (χ4v) is 2.31. The molecule has 1 aliphatic rings. The van der Waals surface area contributed by atoms with Crippen LogP contribution in [0.1, 0.15) is 39.0 Å². The van der Waals surface area contributed by atoms with E-state index in [9.17, 15) is 0 Å². The lowest BCUT2D eigenvalue weighted by atomic mass is 9.83. The number of anilines is 2. The Morgan fingerprint density at radius 3 is 2.73 bits per heavy atom. The van der Waals surface area contributed by atoms with Gasteiger partial charge in [-0.2, -0.15) is 0 Å². The van der Waals surface area contributed by atoms with Crippen molar-refractivity contribution in [3.05, 3.63) is 18.3 Å². The van der Waals surface area contributed by atoms with E-state index >= 15 is 0 Å². The molecule has 1 aromatic heterocycles. The molecule has 1 aliphatic carbocycles. The molecule has 82 valence electrons. The van der Waals surface area contributed by atoms with Crippen LogP contribution in [0.2, 0.25) is 0 Å². The van der Waals surface area contributed by atoms with Crippen molar-refractivity contribution in [2.75, 3.05) is 11.1 Å². The van der Waals surface area contributed by atoms with Gasteiger partial charge in [0.05, 0.1) is 5.69 Å². The molecule has 0 aliphatic heterocycles. The van der Waals surface area contributed by atoms with E-state index < -0.39 is 0 Å². The molecule has 0 bridgehead atoms. The molecule has 15 heavy (non-hydrogen) atoms. The molecule has 0 aromatic carbocycles. The summed E-state index contributed by atoms with van der Waals surface area (Å²) in [7, 11) is 0. The average Bonchev–Trinajstić information content (AvgIpc) is 2.22. The van der Waals surface area contributed by atoms with Crippen molar-refractivity contribution in [2.45, 2.75) is 44.6 Å². The van der Waals surface area contributed by atoms with Gasteiger partial charge in [0.2, 0.25) is 0 Å². The van der Waals surface area contributed by atoms with Crippen molar-refractivity contribution in [1.82, 2.24) is 4.98 Å². The monoisotopic (exact) mass is 205 g/mol. The Morgan fingerprint density at radius 1 is 1.33 bits per heavy atom. The zero-order valence-corrected chi connectivity index (χ0v) is 9.29. The minimum Gasteiger partial charge on any atom is -0.382 e. The normalized spacial score (nSPS) is 19.8. The van der Waals surface area contributed by atoms with Gasteiger partial charge in [-0.3, -0.25) is 0 Å². The van der Waals surface area contributed by atoms with Crippen molar-refractivity contribution >= 4 is 11.5 Å². The van der Waals surface area contributed by atoms with E-state index in [-0.39, 0.29) is 5.54 Å². The van der Waals surface area contributed by atoms with Gasteiger partial charge in [0.1, 0.15) is 5.82 Å². The predicted octanol–water partition coefficient (Wildman–Crippen LogP) is 2.80. The molecule has 0 atom stereocenters. The minimum absolute atomic E-state index is 0.204. The van der Waals surface area contributed by atoms with Crippen LogP contribution in [0.15, 0.2) is 18.3 Å². The van der Waals surface area contributed by atoms with E-state index in [0.717, 1.165) is 5.69 Å². The van der Waals surface area contributed by atoms with Crippen molar-refractivity contribution in [3.8, 4) is 0 Å². The van der Waals surface area contributed by atoms with Crippen molar-refractivity contribution in [3.63, 3.8) is 0 Å². The van der Waals surface area contributed by atoms with E-state index in [1.165, 1.54) is 32.1 Å². The van der Waals surface area contributed by atoms with Crippen molar-refractivity contribution in [1.29, 1.82) is 0 Å². The van der Waals surface area contributed by atoms with Crippen LogP contribution >= 0.6 is 0 Å². The van der Waals surface area contributed by atoms with Crippen LogP contribution in [0.25, 0.3) is 0 Å². The van der Waals surface area contributed by atoms with Gasteiger partial charge in [-0.1, -0.05) is 19.3 Å². The third-order valence-corrected chi connectivity index (χ3v) is 3.23. The highest BCUT2D eigenvalue weighted by Crippen LogP contribution is 2.32. The smallest absolute Gasteiger partial charge is 0.146 e. The van der Waals surface area contributed by atoms with Crippen LogP contribution in [0.4, 0.5) is 11.5 Å². The zero-order valence-electron chi connectivity index (χ0n) is 9.29. The lowest BCUT2D eigenvalue weighted by Gasteiger charge is -2.35. The summed E-state index contributed by atoms with van der Waals surface area (Å²) in [6.07, 6.45) is 8.15. The highest BCUT2D eigenvalue weighted by molar-refractivity contribution is 5.62. The number of nitrogens with zero attached hydrogens (tertiary/aromatic N) is 1. The number of aromatic nitrogens is 1. The highest BCUT2D eigenvalue weighted by Gasteiger charge is 2.26. The summed E-state index contributed by atoms with van der Waals surface area (Å²) >= 11 is 0. The summed E-state index contributed by atoms with van der Waals surface area (Å²) in [5, 5.41) is 3.54. The van der Waals surface area contributed by atoms with E-state index in [1.807, 2.05) is 12.1 Å². The first-order valence-electron chi connectivity index (χ1n) is 5.68. The van der Waals surface area contributed by atoms with Crippen molar-refractivity contribution < 1.29 is 0 Å². The number of nitrogens with one attached hydrogen (secondary N) is 1. The summed E-state index contributed by atoms with van der Waals surface area (Å²) in [5.74, 6) is 0.601. The fourth-order valence-electron chi connectivity index (χ4n) is 2.31. The lowest BCUT2D eigenvalue weighted by Crippen LogP contribution is -2.37. The quantitative estimate of drug-likeness (QED) is 0.780. The van der Waals surface area contributed by atoms with Gasteiger partial charge in [0.15, 0.2) is 0 Å². The molecule has 0 spiro atoms.